The van der Waals surface area contributed by atoms with Crippen LogP contribution in [0.25, 0.3) is 0 Å². The number of aryl methyl sites for hydroxylation is 1. The molecular weight excluding hydrogens is 240 g/mol. The lowest BCUT2D eigenvalue weighted by Gasteiger charge is -2.06. The molecule has 98 valence electrons. The van der Waals surface area contributed by atoms with Gasteiger partial charge in [0, 0.05) is 12.6 Å². The van der Waals surface area contributed by atoms with Crippen LogP contribution in [0.4, 0.5) is 0 Å². The zero-order chi connectivity index (χ0) is 13.7. The Bertz CT molecular complexity index is 568. The van der Waals surface area contributed by atoms with Gasteiger partial charge in [-0.25, -0.2) is 14.8 Å². The number of rotatable bonds is 4. The molecule has 1 aromatic heterocycles. The molecule has 0 fully saturated rings. The fourth-order valence-corrected chi connectivity index (χ4v) is 1.79. The Hall–Kier alpha value is -2.23. The topological polar surface area (TPSA) is 52.1 Å². The average Bonchev–Trinajstić information content (AvgIpc) is 2.40. The summed E-state index contributed by atoms with van der Waals surface area (Å²) in [4.78, 5) is 20.2. The molecule has 0 N–H and O–H groups in total. The van der Waals surface area contributed by atoms with Gasteiger partial charge in [-0.2, -0.15) is 0 Å². The van der Waals surface area contributed by atoms with E-state index >= 15 is 0 Å². The van der Waals surface area contributed by atoms with E-state index < -0.39 is 0 Å². The van der Waals surface area contributed by atoms with Crippen molar-refractivity contribution in [3.8, 4) is 0 Å². The largest absolute Gasteiger partial charge is 0.462 e. The summed E-state index contributed by atoms with van der Waals surface area (Å²) in [6.45, 7) is 3.92. The monoisotopic (exact) mass is 256 g/mol. The lowest BCUT2D eigenvalue weighted by Crippen LogP contribution is -2.10. The molecule has 4 nitrogen and oxygen atoms in total. The molecule has 0 saturated heterocycles. The average molecular weight is 256 g/mol. The van der Waals surface area contributed by atoms with Crippen LogP contribution in [0, 0.1) is 6.92 Å². The van der Waals surface area contributed by atoms with Gasteiger partial charge < -0.3 is 4.74 Å². The molecule has 2 rings (SSSR count). The van der Waals surface area contributed by atoms with E-state index in [1.807, 2.05) is 30.3 Å². The van der Waals surface area contributed by atoms with Gasteiger partial charge in [-0.05, 0) is 19.4 Å². The molecule has 0 bridgehead atoms. The van der Waals surface area contributed by atoms with E-state index in [1.54, 1.807) is 20.0 Å². The summed E-state index contributed by atoms with van der Waals surface area (Å²) in [5.74, 6) is 0.336. The van der Waals surface area contributed by atoms with Crippen LogP contribution >= 0.6 is 0 Å². The molecule has 0 unspecified atom stereocenters. The maximum Gasteiger partial charge on any atom is 0.341 e. The van der Waals surface area contributed by atoms with Crippen LogP contribution < -0.4 is 0 Å². The molecule has 0 aliphatic rings. The maximum atomic E-state index is 11.6. The first-order valence-electron chi connectivity index (χ1n) is 6.24. The van der Waals surface area contributed by atoms with Crippen molar-refractivity contribution in [3.63, 3.8) is 0 Å². The van der Waals surface area contributed by atoms with Gasteiger partial charge in [0.25, 0.3) is 0 Å². The van der Waals surface area contributed by atoms with Crippen molar-refractivity contribution in [1.29, 1.82) is 0 Å². The third-order valence-corrected chi connectivity index (χ3v) is 2.73. The van der Waals surface area contributed by atoms with Crippen LogP contribution in [0.3, 0.4) is 0 Å². The van der Waals surface area contributed by atoms with Crippen LogP contribution in [-0.2, 0) is 11.2 Å². The third-order valence-electron chi connectivity index (χ3n) is 2.73. The SMILES string of the molecule is CCOC(=O)c1cnc(Cc2ccccc2)nc1C. The third kappa shape index (κ3) is 3.37. The van der Waals surface area contributed by atoms with Crippen LogP contribution in [-0.4, -0.2) is 22.5 Å². The summed E-state index contributed by atoms with van der Waals surface area (Å²) >= 11 is 0. The second-order valence-corrected chi connectivity index (χ2v) is 4.17. The summed E-state index contributed by atoms with van der Waals surface area (Å²) in [6.07, 6.45) is 2.20. The summed E-state index contributed by atoms with van der Waals surface area (Å²) < 4.78 is 4.95. The predicted molar refractivity (Wildman–Crippen MR) is 72.0 cm³/mol. The Labute approximate surface area is 112 Å². The van der Waals surface area contributed by atoms with Gasteiger partial charge in [0.2, 0.25) is 0 Å². The smallest absolute Gasteiger partial charge is 0.341 e. The van der Waals surface area contributed by atoms with E-state index in [4.69, 9.17) is 4.74 Å². The molecule has 1 heterocycles. The Morgan fingerprint density at radius 1 is 1.26 bits per heavy atom. The van der Waals surface area contributed by atoms with Gasteiger partial charge in [0.1, 0.15) is 5.82 Å². The Balaban J connectivity index is 2.17. The number of carbonyl (C=O) groups is 1. The lowest BCUT2D eigenvalue weighted by atomic mass is 10.1. The van der Waals surface area contributed by atoms with Crippen molar-refractivity contribution in [1.82, 2.24) is 9.97 Å². The van der Waals surface area contributed by atoms with Crippen molar-refractivity contribution in [2.75, 3.05) is 6.61 Å². The number of ether oxygens (including phenoxy) is 1. The molecule has 0 aliphatic heterocycles. The molecule has 0 spiro atoms. The van der Waals surface area contributed by atoms with Gasteiger partial charge in [0.05, 0.1) is 17.9 Å². The number of aromatic nitrogens is 2. The zero-order valence-electron chi connectivity index (χ0n) is 11.1. The van der Waals surface area contributed by atoms with E-state index in [0.29, 0.717) is 30.1 Å². The fraction of sp³-hybridized carbons (Fsp3) is 0.267. The molecule has 2 aromatic rings. The molecule has 1 aromatic carbocycles. The molecule has 0 radical (unpaired) electrons. The summed E-state index contributed by atoms with van der Waals surface area (Å²) in [6, 6.07) is 9.99. The van der Waals surface area contributed by atoms with E-state index in [9.17, 15) is 4.79 Å². The summed E-state index contributed by atoms with van der Waals surface area (Å²) in [5.41, 5.74) is 2.23. The van der Waals surface area contributed by atoms with Crippen LogP contribution in [0.1, 0.15) is 34.4 Å². The van der Waals surface area contributed by atoms with Crippen molar-refractivity contribution >= 4 is 5.97 Å². The van der Waals surface area contributed by atoms with Gasteiger partial charge in [-0.15, -0.1) is 0 Å². The van der Waals surface area contributed by atoms with Crippen LogP contribution in [0.15, 0.2) is 36.5 Å². The fourth-order valence-electron chi connectivity index (χ4n) is 1.79. The van der Waals surface area contributed by atoms with Gasteiger partial charge in [-0.1, -0.05) is 30.3 Å². The van der Waals surface area contributed by atoms with E-state index in [1.165, 1.54) is 0 Å². The first-order chi connectivity index (χ1) is 9.20. The highest BCUT2D eigenvalue weighted by Gasteiger charge is 2.12. The minimum absolute atomic E-state index is 0.351. The Kier molecular flexibility index (Phi) is 4.23. The highest BCUT2D eigenvalue weighted by atomic mass is 16.5. The second-order valence-electron chi connectivity index (χ2n) is 4.17. The second kappa shape index (κ2) is 6.09. The van der Waals surface area contributed by atoms with Crippen LogP contribution in [0.5, 0.6) is 0 Å². The van der Waals surface area contributed by atoms with Crippen molar-refractivity contribution in [3.05, 3.63) is 59.2 Å². The highest BCUT2D eigenvalue weighted by molar-refractivity contribution is 5.90. The molecule has 0 saturated carbocycles. The summed E-state index contributed by atoms with van der Waals surface area (Å²) in [7, 11) is 0. The zero-order valence-corrected chi connectivity index (χ0v) is 11.1. The number of carbonyl (C=O) groups excluding carboxylic acids is 1. The maximum absolute atomic E-state index is 11.6. The Morgan fingerprint density at radius 3 is 2.63 bits per heavy atom. The molecule has 0 amide bonds. The Morgan fingerprint density at radius 2 is 2.00 bits per heavy atom. The van der Waals surface area contributed by atoms with E-state index in [0.717, 1.165) is 5.56 Å². The summed E-state index contributed by atoms with van der Waals surface area (Å²) in [5, 5.41) is 0. The number of hydrogen-bond donors (Lipinski definition) is 0. The molecule has 0 aliphatic carbocycles. The number of benzene rings is 1. The normalized spacial score (nSPS) is 10.2. The minimum atomic E-state index is -0.369. The molecule has 19 heavy (non-hydrogen) atoms. The minimum Gasteiger partial charge on any atom is -0.462 e. The van der Waals surface area contributed by atoms with Gasteiger partial charge in [0.15, 0.2) is 0 Å². The standard InChI is InChI=1S/C15H16N2O2/c1-3-19-15(18)13-10-16-14(17-11(13)2)9-12-7-5-4-6-8-12/h4-8,10H,3,9H2,1-2H3. The van der Waals surface area contributed by atoms with Crippen molar-refractivity contribution in [2.24, 2.45) is 0 Å². The van der Waals surface area contributed by atoms with E-state index in [2.05, 4.69) is 9.97 Å². The molecule has 4 heteroatoms. The van der Waals surface area contributed by atoms with E-state index in [-0.39, 0.29) is 5.97 Å². The molecule has 0 atom stereocenters. The van der Waals surface area contributed by atoms with Gasteiger partial charge >= 0.3 is 5.97 Å². The predicted octanol–water partition coefficient (Wildman–Crippen LogP) is 2.55. The highest BCUT2D eigenvalue weighted by Crippen LogP contribution is 2.09. The first-order valence-corrected chi connectivity index (χ1v) is 6.24. The molecular formula is C15H16N2O2. The number of nitrogens with zero attached hydrogens (tertiary/aromatic N) is 2. The van der Waals surface area contributed by atoms with Crippen molar-refractivity contribution in [2.45, 2.75) is 20.3 Å². The van der Waals surface area contributed by atoms with Gasteiger partial charge in [-0.3, -0.25) is 0 Å². The number of hydrogen-bond acceptors (Lipinski definition) is 4. The lowest BCUT2D eigenvalue weighted by molar-refractivity contribution is 0.0524. The van der Waals surface area contributed by atoms with Crippen LogP contribution in [0.2, 0.25) is 0 Å². The number of esters is 1. The van der Waals surface area contributed by atoms with Crippen molar-refractivity contribution < 1.29 is 9.53 Å². The first kappa shape index (κ1) is 13.2. The quantitative estimate of drug-likeness (QED) is 0.789.